The minimum Gasteiger partial charge on any atom is -0.481 e. The molecule has 0 unspecified atom stereocenters. The Morgan fingerprint density at radius 1 is 1.64 bits per heavy atom. The third-order valence-electron chi connectivity index (χ3n) is 2.51. The van der Waals surface area contributed by atoms with Gasteiger partial charge in [-0.3, -0.25) is 4.79 Å². The Balaban J connectivity index is 2.04. The first-order valence-corrected chi connectivity index (χ1v) is 4.94. The highest BCUT2D eigenvalue weighted by Gasteiger charge is 2.28. The molecule has 1 aliphatic carbocycles. The van der Waals surface area contributed by atoms with E-state index < -0.39 is 5.97 Å². The van der Waals surface area contributed by atoms with Crippen molar-refractivity contribution in [1.29, 1.82) is 0 Å². The third kappa shape index (κ3) is 1.95. The zero-order valence-corrected chi connectivity index (χ0v) is 8.21. The van der Waals surface area contributed by atoms with Gasteiger partial charge in [-0.05, 0) is 19.8 Å². The van der Waals surface area contributed by atoms with E-state index in [1.807, 2.05) is 6.92 Å². The lowest BCUT2D eigenvalue weighted by Gasteiger charge is -1.90. The van der Waals surface area contributed by atoms with E-state index in [1.54, 1.807) is 0 Å². The number of aromatic nitrogens is 2. The van der Waals surface area contributed by atoms with Crippen LogP contribution in [0.4, 0.5) is 0 Å². The van der Waals surface area contributed by atoms with E-state index in [2.05, 4.69) is 9.97 Å². The summed E-state index contributed by atoms with van der Waals surface area (Å²) in [5, 5.41) is 8.53. The van der Waals surface area contributed by atoms with E-state index in [1.165, 1.54) is 12.8 Å². The number of carboxylic acids is 1. The number of carbonyl (C=O) groups is 1. The lowest BCUT2D eigenvalue weighted by molar-refractivity contribution is -0.137. The first-order chi connectivity index (χ1) is 6.66. The first kappa shape index (κ1) is 9.24. The smallest absolute Gasteiger partial charge is 0.303 e. The Hall–Kier alpha value is -1.32. The van der Waals surface area contributed by atoms with Crippen LogP contribution in [0.25, 0.3) is 0 Å². The lowest BCUT2D eigenvalue weighted by Crippen LogP contribution is -1.98. The van der Waals surface area contributed by atoms with Crippen LogP contribution in [-0.2, 0) is 11.2 Å². The van der Waals surface area contributed by atoms with Crippen molar-refractivity contribution in [2.45, 2.75) is 38.5 Å². The number of imidazole rings is 1. The van der Waals surface area contributed by atoms with Gasteiger partial charge in [-0.2, -0.15) is 0 Å². The molecular weight excluding hydrogens is 180 g/mol. The van der Waals surface area contributed by atoms with Crippen molar-refractivity contribution in [3.8, 4) is 0 Å². The van der Waals surface area contributed by atoms with Gasteiger partial charge in [0.05, 0.1) is 12.1 Å². The van der Waals surface area contributed by atoms with E-state index in [0.29, 0.717) is 12.3 Å². The molecule has 1 aromatic rings. The molecule has 0 spiro atoms. The molecule has 14 heavy (non-hydrogen) atoms. The largest absolute Gasteiger partial charge is 0.481 e. The molecule has 1 aromatic heterocycles. The van der Waals surface area contributed by atoms with E-state index in [-0.39, 0.29) is 6.42 Å². The summed E-state index contributed by atoms with van der Waals surface area (Å²) in [4.78, 5) is 17.9. The molecule has 0 bridgehead atoms. The molecule has 1 aliphatic rings. The van der Waals surface area contributed by atoms with Gasteiger partial charge in [0, 0.05) is 18.0 Å². The lowest BCUT2D eigenvalue weighted by atomic mass is 10.2. The summed E-state index contributed by atoms with van der Waals surface area (Å²) in [5.74, 6) is 0.670. The number of hydrogen-bond donors (Lipinski definition) is 2. The minimum absolute atomic E-state index is 0.150. The van der Waals surface area contributed by atoms with E-state index in [4.69, 9.17) is 5.11 Å². The van der Waals surface area contributed by atoms with E-state index in [0.717, 1.165) is 17.2 Å². The van der Waals surface area contributed by atoms with Crippen LogP contribution in [-0.4, -0.2) is 21.0 Å². The highest BCUT2D eigenvalue weighted by molar-refractivity contribution is 5.66. The van der Waals surface area contributed by atoms with Crippen molar-refractivity contribution in [2.75, 3.05) is 0 Å². The number of nitrogens with zero attached hydrogens (tertiary/aromatic N) is 1. The predicted octanol–water partition coefficient (Wildman–Crippen LogP) is 1.61. The van der Waals surface area contributed by atoms with Crippen LogP contribution in [0.15, 0.2) is 0 Å². The fourth-order valence-electron chi connectivity index (χ4n) is 1.64. The minimum atomic E-state index is -0.771. The zero-order chi connectivity index (χ0) is 10.1. The molecule has 0 atom stereocenters. The monoisotopic (exact) mass is 194 g/mol. The highest BCUT2D eigenvalue weighted by atomic mass is 16.4. The average molecular weight is 194 g/mol. The van der Waals surface area contributed by atoms with Crippen LogP contribution in [0.2, 0.25) is 0 Å². The fourth-order valence-corrected chi connectivity index (χ4v) is 1.64. The van der Waals surface area contributed by atoms with Crippen LogP contribution < -0.4 is 0 Å². The Morgan fingerprint density at radius 3 is 2.93 bits per heavy atom. The number of aliphatic carboxylic acids is 1. The van der Waals surface area contributed by atoms with Gasteiger partial charge in [-0.15, -0.1) is 0 Å². The van der Waals surface area contributed by atoms with Gasteiger partial charge in [-0.25, -0.2) is 4.98 Å². The molecule has 0 amide bonds. The summed E-state index contributed by atoms with van der Waals surface area (Å²) in [5.41, 5.74) is 2.25. The molecule has 0 aliphatic heterocycles. The number of hydrogen-bond acceptors (Lipinski definition) is 2. The topological polar surface area (TPSA) is 66.0 Å². The van der Waals surface area contributed by atoms with Crippen molar-refractivity contribution < 1.29 is 9.90 Å². The van der Waals surface area contributed by atoms with Crippen molar-refractivity contribution in [3.05, 3.63) is 17.2 Å². The van der Waals surface area contributed by atoms with Crippen molar-refractivity contribution in [2.24, 2.45) is 0 Å². The van der Waals surface area contributed by atoms with Crippen molar-refractivity contribution in [3.63, 3.8) is 0 Å². The highest BCUT2D eigenvalue weighted by Crippen LogP contribution is 2.40. The maximum atomic E-state index is 10.4. The number of aromatic amines is 1. The maximum absolute atomic E-state index is 10.4. The molecule has 0 aromatic carbocycles. The standard InChI is InChI=1S/C10H14N2O2/c1-6-10(7-2-3-7)12-8(11-6)4-5-9(13)14/h7H,2-5H2,1H3,(H,11,12)(H,13,14). The van der Waals surface area contributed by atoms with Crippen LogP contribution in [0.3, 0.4) is 0 Å². The number of carboxylic acid groups (broad SMARTS) is 1. The molecule has 2 rings (SSSR count). The Kier molecular flexibility index (Phi) is 2.27. The Morgan fingerprint density at radius 2 is 2.36 bits per heavy atom. The van der Waals surface area contributed by atoms with Gasteiger partial charge in [0.2, 0.25) is 0 Å². The molecule has 0 saturated heterocycles. The molecule has 2 N–H and O–H groups in total. The molecule has 76 valence electrons. The molecule has 1 heterocycles. The van der Waals surface area contributed by atoms with Gasteiger partial charge in [0.25, 0.3) is 0 Å². The number of nitrogens with one attached hydrogen (secondary N) is 1. The molecule has 0 radical (unpaired) electrons. The summed E-state index contributed by atoms with van der Waals surface area (Å²) >= 11 is 0. The maximum Gasteiger partial charge on any atom is 0.303 e. The van der Waals surface area contributed by atoms with E-state index >= 15 is 0 Å². The number of aryl methyl sites for hydroxylation is 2. The Labute approximate surface area is 82.4 Å². The second-order valence-corrected chi connectivity index (χ2v) is 3.86. The predicted molar refractivity (Wildman–Crippen MR) is 51.3 cm³/mol. The number of rotatable bonds is 4. The summed E-state index contributed by atoms with van der Waals surface area (Å²) < 4.78 is 0. The van der Waals surface area contributed by atoms with Crippen molar-refractivity contribution in [1.82, 2.24) is 9.97 Å². The molecule has 4 heteroatoms. The van der Waals surface area contributed by atoms with Crippen molar-refractivity contribution >= 4 is 5.97 Å². The van der Waals surface area contributed by atoms with Crippen LogP contribution in [0.5, 0.6) is 0 Å². The quantitative estimate of drug-likeness (QED) is 0.765. The van der Waals surface area contributed by atoms with Crippen LogP contribution in [0, 0.1) is 6.92 Å². The zero-order valence-electron chi connectivity index (χ0n) is 8.21. The molecule has 4 nitrogen and oxygen atoms in total. The summed E-state index contributed by atoms with van der Waals surface area (Å²) in [7, 11) is 0. The van der Waals surface area contributed by atoms with Gasteiger partial charge >= 0.3 is 5.97 Å². The average Bonchev–Trinajstić information content (AvgIpc) is 2.88. The fraction of sp³-hybridized carbons (Fsp3) is 0.600. The first-order valence-electron chi connectivity index (χ1n) is 4.94. The normalized spacial score (nSPS) is 15.8. The number of H-pyrrole nitrogens is 1. The van der Waals surface area contributed by atoms with Gasteiger partial charge in [0.1, 0.15) is 5.82 Å². The summed E-state index contributed by atoms with van der Waals surface area (Å²) in [6.07, 6.45) is 3.11. The van der Waals surface area contributed by atoms with E-state index in [9.17, 15) is 4.79 Å². The molecule has 1 saturated carbocycles. The molecular formula is C10H14N2O2. The van der Waals surface area contributed by atoms with Gasteiger partial charge in [-0.1, -0.05) is 0 Å². The van der Waals surface area contributed by atoms with Crippen LogP contribution in [0.1, 0.15) is 42.4 Å². The molecule has 1 fully saturated rings. The second-order valence-electron chi connectivity index (χ2n) is 3.86. The third-order valence-corrected chi connectivity index (χ3v) is 2.51. The van der Waals surface area contributed by atoms with Gasteiger partial charge in [0.15, 0.2) is 0 Å². The summed E-state index contributed by atoms with van der Waals surface area (Å²) in [6, 6.07) is 0. The summed E-state index contributed by atoms with van der Waals surface area (Å²) in [6.45, 7) is 2.00. The van der Waals surface area contributed by atoms with Crippen LogP contribution >= 0.6 is 0 Å². The van der Waals surface area contributed by atoms with Gasteiger partial charge < -0.3 is 10.1 Å². The second kappa shape index (κ2) is 3.44. The Bertz CT molecular complexity index is 353. The SMILES string of the molecule is Cc1[nH]c(CCC(=O)O)nc1C1CC1.